The van der Waals surface area contributed by atoms with Gasteiger partial charge in [-0.1, -0.05) is 24.6 Å². The Hall–Kier alpha value is -2.54. The normalized spacial score (nSPS) is 23.7. The fraction of sp³-hybridized carbons (Fsp3) is 0.435. The number of carbonyl (C=O) groups is 1. The maximum Gasteiger partial charge on any atom is 0.243 e. The van der Waals surface area contributed by atoms with Crippen molar-refractivity contribution in [3.05, 3.63) is 54.6 Å². The average molecular weight is 429 g/mol. The van der Waals surface area contributed by atoms with Crippen molar-refractivity contribution < 1.29 is 17.9 Å². The number of hydrogen-bond donors (Lipinski definition) is 1. The van der Waals surface area contributed by atoms with Crippen molar-refractivity contribution in [3.8, 4) is 11.5 Å². The first-order valence-corrected chi connectivity index (χ1v) is 12.3. The molecule has 0 aromatic heterocycles. The maximum atomic E-state index is 12.9. The van der Waals surface area contributed by atoms with E-state index >= 15 is 0 Å². The molecule has 4 atom stereocenters. The Morgan fingerprint density at radius 2 is 1.70 bits per heavy atom. The number of amides is 1. The second kappa shape index (κ2) is 8.30. The predicted molar refractivity (Wildman–Crippen MR) is 117 cm³/mol. The highest BCUT2D eigenvalue weighted by Crippen LogP contribution is 2.44. The molecule has 1 amide bonds. The van der Waals surface area contributed by atoms with Gasteiger partial charge < -0.3 is 10.1 Å². The van der Waals surface area contributed by atoms with Crippen LogP contribution in [0.15, 0.2) is 54.6 Å². The van der Waals surface area contributed by atoms with Gasteiger partial charge in [0.25, 0.3) is 0 Å². The molecule has 2 aliphatic rings. The lowest BCUT2D eigenvalue weighted by atomic mass is 9.95. The number of benzene rings is 2. The molecule has 0 heterocycles. The zero-order chi connectivity index (χ0) is 21.3. The minimum Gasteiger partial charge on any atom is -0.457 e. The molecule has 0 aliphatic heterocycles. The number of hydrogen-bond acceptors (Lipinski definition) is 4. The van der Waals surface area contributed by atoms with Gasteiger partial charge in [0.2, 0.25) is 15.9 Å². The van der Waals surface area contributed by atoms with Crippen LogP contribution in [0.3, 0.4) is 0 Å². The first kappa shape index (κ1) is 20.7. The van der Waals surface area contributed by atoms with Gasteiger partial charge >= 0.3 is 0 Å². The Kier molecular flexibility index (Phi) is 5.73. The SMILES string of the molecule is CC(C(=O)NC1CC2CCC1C2)N(c1ccc(Oc2ccccc2)cc1)S(C)(=O)=O. The quantitative estimate of drug-likeness (QED) is 0.725. The van der Waals surface area contributed by atoms with E-state index in [4.69, 9.17) is 4.74 Å². The third-order valence-corrected chi connectivity index (χ3v) is 7.47. The van der Waals surface area contributed by atoms with Crippen molar-refractivity contribution in [2.24, 2.45) is 11.8 Å². The standard InChI is InChI=1S/C23H28N2O4S/c1-16(23(26)24-22-15-17-8-9-18(22)14-17)25(30(2,27)28)19-10-12-21(13-11-19)29-20-6-4-3-5-7-20/h3-7,10-13,16-18,22H,8-9,14-15H2,1-2H3,(H,24,26). The van der Waals surface area contributed by atoms with E-state index in [2.05, 4.69) is 5.32 Å². The van der Waals surface area contributed by atoms with Crippen molar-refractivity contribution in [1.82, 2.24) is 5.32 Å². The van der Waals surface area contributed by atoms with Crippen molar-refractivity contribution in [3.63, 3.8) is 0 Å². The monoisotopic (exact) mass is 428 g/mol. The summed E-state index contributed by atoms with van der Waals surface area (Å²) in [6.45, 7) is 1.64. The molecule has 2 aliphatic carbocycles. The number of ether oxygens (including phenoxy) is 1. The summed E-state index contributed by atoms with van der Waals surface area (Å²) in [6, 6.07) is 15.4. The number of nitrogens with one attached hydrogen (secondary N) is 1. The predicted octanol–water partition coefficient (Wildman–Crippen LogP) is 3.94. The lowest BCUT2D eigenvalue weighted by Gasteiger charge is -2.31. The molecule has 0 saturated heterocycles. The molecule has 4 unspecified atom stereocenters. The second-order valence-electron chi connectivity index (χ2n) is 8.43. The molecule has 0 spiro atoms. The smallest absolute Gasteiger partial charge is 0.243 e. The second-order valence-corrected chi connectivity index (χ2v) is 10.3. The van der Waals surface area contributed by atoms with Gasteiger partial charge in [0.15, 0.2) is 0 Å². The molecular weight excluding hydrogens is 400 g/mol. The molecule has 2 fully saturated rings. The van der Waals surface area contributed by atoms with Gasteiger partial charge in [-0.2, -0.15) is 0 Å². The van der Waals surface area contributed by atoms with E-state index in [0.717, 1.165) is 19.1 Å². The molecule has 6 nitrogen and oxygen atoms in total. The third kappa shape index (κ3) is 4.46. The average Bonchev–Trinajstić information content (AvgIpc) is 3.32. The fourth-order valence-electron chi connectivity index (χ4n) is 4.82. The molecular formula is C23H28N2O4S. The number of sulfonamides is 1. The number of nitrogens with zero attached hydrogens (tertiary/aromatic N) is 1. The Bertz CT molecular complexity index is 992. The van der Waals surface area contributed by atoms with Gasteiger partial charge in [0, 0.05) is 6.04 Å². The first-order chi connectivity index (χ1) is 14.3. The topological polar surface area (TPSA) is 75.7 Å². The Morgan fingerprint density at radius 3 is 2.27 bits per heavy atom. The molecule has 2 bridgehead atoms. The highest BCUT2D eigenvalue weighted by Gasteiger charge is 2.41. The van der Waals surface area contributed by atoms with Crippen molar-refractivity contribution in [2.75, 3.05) is 10.6 Å². The minimum atomic E-state index is -3.65. The van der Waals surface area contributed by atoms with Crippen LogP contribution in [0.2, 0.25) is 0 Å². The summed E-state index contributed by atoms with van der Waals surface area (Å²) < 4.78 is 32.0. The Labute approximate surface area is 178 Å². The molecule has 1 N–H and O–H groups in total. The summed E-state index contributed by atoms with van der Waals surface area (Å²) in [5.41, 5.74) is 0.438. The van der Waals surface area contributed by atoms with Gasteiger partial charge in [-0.15, -0.1) is 0 Å². The van der Waals surface area contributed by atoms with Crippen LogP contribution in [0, 0.1) is 11.8 Å². The zero-order valence-electron chi connectivity index (χ0n) is 17.3. The molecule has 30 heavy (non-hydrogen) atoms. The number of para-hydroxylation sites is 1. The van der Waals surface area contributed by atoms with Crippen LogP contribution in [0.1, 0.15) is 32.6 Å². The van der Waals surface area contributed by atoms with Crippen LogP contribution in [0.25, 0.3) is 0 Å². The Balaban J connectivity index is 1.48. The van der Waals surface area contributed by atoms with Gasteiger partial charge in [-0.3, -0.25) is 9.10 Å². The van der Waals surface area contributed by atoms with Crippen LogP contribution < -0.4 is 14.4 Å². The van der Waals surface area contributed by atoms with Crippen molar-refractivity contribution in [2.45, 2.75) is 44.7 Å². The summed E-state index contributed by atoms with van der Waals surface area (Å²) >= 11 is 0. The van der Waals surface area contributed by atoms with Gasteiger partial charge in [0.05, 0.1) is 11.9 Å². The van der Waals surface area contributed by atoms with Crippen LogP contribution >= 0.6 is 0 Å². The van der Waals surface area contributed by atoms with Gasteiger partial charge in [-0.25, -0.2) is 8.42 Å². The van der Waals surface area contributed by atoms with E-state index in [1.54, 1.807) is 31.2 Å². The molecule has 4 rings (SSSR count). The van der Waals surface area contributed by atoms with E-state index in [-0.39, 0.29) is 11.9 Å². The summed E-state index contributed by atoms with van der Waals surface area (Å²) in [7, 11) is -3.65. The number of fused-ring (bicyclic) bond motifs is 2. The van der Waals surface area contributed by atoms with Crippen LogP contribution in [-0.4, -0.2) is 32.7 Å². The van der Waals surface area contributed by atoms with E-state index in [1.807, 2.05) is 30.3 Å². The van der Waals surface area contributed by atoms with Gasteiger partial charge in [0.1, 0.15) is 17.5 Å². The molecule has 2 aromatic carbocycles. The summed E-state index contributed by atoms with van der Waals surface area (Å²) in [6.07, 6.45) is 5.72. The van der Waals surface area contributed by atoms with E-state index < -0.39 is 16.1 Å². The number of anilines is 1. The van der Waals surface area contributed by atoms with Crippen LogP contribution in [0.4, 0.5) is 5.69 Å². The van der Waals surface area contributed by atoms with Crippen LogP contribution in [-0.2, 0) is 14.8 Å². The Morgan fingerprint density at radius 1 is 1.03 bits per heavy atom. The number of rotatable bonds is 7. The molecule has 7 heteroatoms. The molecule has 0 radical (unpaired) electrons. The summed E-state index contributed by atoms with van der Waals surface area (Å²) in [5, 5.41) is 3.11. The molecule has 160 valence electrons. The number of carbonyl (C=O) groups excluding carboxylic acids is 1. The third-order valence-electron chi connectivity index (χ3n) is 6.22. The largest absolute Gasteiger partial charge is 0.457 e. The fourth-order valence-corrected chi connectivity index (χ4v) is 5.99. The molecule has 2 aromatic rings. The minimum absolute atomic E-state index is 0.168. The molecule has 2 saturated carbocycles. The maximum absolute atomic E-state index is 12.9. The van der Waals surface area contributed by atoms with Crippen molar-refractivity contribution >= 4 is 21.6 Å². The van der Waals surface area contributed by atoms with E-state index in [0.29, 0.717) is 29.0 Å². The van der Waals surface area contributed by atoms with Crippen LogP contribution in [0.5, 0.6) is 11.5 Å². The summed E-state index contributed by atoms with van der Waals surface area (Å²) in [5.74, 6) is 2.29. The van der Waals surface area contributed by atoms with E-state index in [1.165, 1.54) is 17.1 Å². The van der Waals surface area contributed by atoms with E-state index in [9.17, 15) is 13.2 Å². The highest BCUT2D eigenvalue weighted by atomic mass is 32.2. The van der Waals surface area contributed by atoms with Crippen molar-refractivity contribution in [1.29, 1.82) is 0 Å². The highest BCUT2D eigenvalue weighted by molar-refractivity contribution is 7.92. The van der Waals surface area contributed by atoms with Gasteiger partial charge in [-0.05, 0) is 74.4 Å². The summed E-state index contributed by atoms with van der Waals surface area (Å²) in [4.78, 5) is 12.9. The lowest BCUT2D eigenvalue weighted by Crippen LogP contribution is -2.51. The first-order valence-electron chi connectivity index (χ1n) is 10.4. The lowest BCUT2D eigenvalue weighted by molar-refractivity contribution is -0.122. The zero-order valence-corrected chi connectivity index (χ0v) is 18.1.